The molecule has 0 aromatic carbocycles. The smallest absolute Gasteiger partial charge is 0.700 e. The van der Waals surface area contributed by atoms with Gasteiger partial charge in [0.1, 0.15) is 0 Å². The fraction of sp³-hybridized carbons (Fsp3) is 0.833. The Morgan fingerprint density at radius 2 is 1.00 bits per heavy atom. The zero-order valence-corrected chi connectivity index (χ0v) is 23.8. The number of hydrogen-bond donors (Lipinski definition) is 0. The van der Waals surface area contributed by atoms with E-state index in [0.29, 0.717) is 18.1 Å². The first kappa shape index (κ1) is 36.2. The average Bonchev–Trinajstić information content (AvgIpc) is 2.69. The molecule has 10 heteroatoms. The third kappa shape index (κ3) is 19.3. The number of nitrogens with one attached hydrogen (secondary N) is 4. The van der Waals surface area contributed by atoms with E-state index < -0.39 is 0 Å². The normalized spacial score (nSPS) is 34.4. The van der Waals surface area contributed by atoms with Crippen molar-refractivity contribution in [1.82, 2.24) is 0 Å². The minimum Gasteiger partial charge on any atom is -0.700 e. The Bertz CT molecular complexity index is 478. The summed E-state index contributed by atoms with van der Waals surface area (Å²) in [5.74, 6) is 0. The zero-order valence-electron chi connectivity index (χ0n) is 21.2. The molecule has 192 valence electrons. The van der Waals surface area contributed by atoms with Gasteiger partial charge in [0, 0.05) is 0 Å². The van der Waals surface area contributed by atoms with E-state index in [-0.39, 0.29) is 59.4 Å². The molecule has 3 saturated heterocycles. The average molecular weight is 549 g/mol. The molecule has 7 unspecified atom stereocenters. The Labute approximate surface area is 230 Å². The second-order valence-corrected chi connectivity index (χ2v) is 9.10. The summed E-state index contributed by atoms with van der Waals surface area (Å²) in [7, 11) is 0. The van der Waals surface area contributed by atoms with Crippen molar-refractivity contribution in [3.05, 3.63) is 68.1 Å². The van der Waals surface area contributed by atoms with Gasteiger partial charge >= 0.3 is 34.7 Å². The van der Waals surface area contributed by atoms with E-state index in [1.165, 1.54) is 38.5 Å². The van der Waals surface area contributed by atoms with Crippen molar-refractivity contribution in [3.63, 3.8) is 0 Å². The van der Waals surface area contributed by atoms with Gasteiger partial charge in [0.15, 0.2) is 0 Å². The first-order chi connectivity index (χ1) is 15.2. The number of nitrogens with zero attached hydrogens (tertiary/aromatic N) is 4. The molecular weight excluding hydrogens is 504 g/mol. The van der Waals surface area contributed by atoms with E-state index in [2.05, 4.69) is 42.0 Å². The third-order valence-corrected chi connectivity index (χ3v) is 5.58. The van der Waals surface area contributed by atoms with Gasteiger partial charge in [-0.15, -0.1) is 24.2 Å². The molecular formula is C24H44Cr2N8. The van der Waals surface area contributed by atoms with Crippen LogP contribution in [0.2, 0.25) is 0 Å². The van der Waals surface area contributed by atoms with Gasteiger partial charge in [0.25, 0.3) is 0 Å². The molecule has 0 aromatic heterocycles. The van der Waals surface area contributed by atoms with E-state index in [1.807, 2.05) is 19.1 Å². The summed E-state index contributed by atoms with van der Waals surface area (Å²) >= 11 is 0. The number of rotatable bonds is 0. The van der Waals surface area contributed by atoms with Gasteiger partial charge in [-0.1, -0.05) is 97.6 Å². The topological polar surface area (TPSA) is 152 Å². The van der Waals surface area contributed by atoms with Crippen molar-refractivity contribution in [3.8, 4) is 0 Å². The summed E-state index contributed by atoms with van der Waals surface area (Å²) < 4.78 is 0. The first-order valence-corrected chi connectivity index (χ1v) is 12.2. The molecule has 0 amide bonds. The van der Waals surface area contributed by atoms with Crippen molar-refractivity contribution >= 4 is 0 Å². The maximum Gasteiger partial charge on any atom is 4.00 e. The fourth-order valence-corrected chi connectivity index (χ4v) is 3.79. The molecule has 0 radical (unpaired) electrons. The van der Waals surface area contributed by atoms with Crippen molar-refractivity contribution in [2.24, 2.45) is 0 Å². The van der Waals surface area contributed by atoms with E-state index >= 15 is 0 Å². The van der Waals surface area contributed by atoms with E-state index in [4.69, 9.17) is 22.9 Å². The molecule has 0 spiro atoms. The second-order valence-electron chi connectivity index (χ2n) is 9.10. The molecule has 0 saturated carbocycles. The van der Waals surface area contributed by atoms with Crippen molar-refractivity contribution in [2.45, 2.75) is 128 Å². The molecule has 34 heavy (non-hydrogen) atoms. The number of piperidine rings is 3. The van der Waals surface area contributed by atoms with Crippen LogP contribution in [-0.4, -0.2) is 42.8 Å². The Morgan fingerprint density at radius 1 is 0.647 bits per heavy atom. The van der Waals surface area contributed by atoms with Gasteiger partial charge in [0.2, 0.25) is 0 Å². The van der Waals surface area contributed by atoms with Gasteiger partial charge < -0.3 is 44.2 Å². The second kappa shape index (κ2) is 21.2. The van der Waals surface area contributed by atoms with Crippen LogP contribution in [0.15, 0.2) is 23.9 Å². The Hall–Kier alpha value is 0.0649. The molecule has 4 rings (SSSR count). The Kier molecular flexibility index (Phi) is 22.6. The molecule has 4 heterocycles. The van der Waals surface area contributed by atoms with Crippen LogP contribution in [0.3, 0.4) is 0 Å². The molecule has 4 N–H and O–H groups in total. The fourth-order valence-electron chi connectivity index (χ4n) is 3.79. The Balaban J connectivity index is 0. The SMILES string of the molecule is CC1=CC=CC([NH-])[N-]1.CC1CCCC([NH-])[N-]1.CC1CCCC([NH-])[N-]1.CC1CCCC([NH-])[N-]1.[Cr+4].[Cr+4]. The van der Waals surface area contributed by atoms with E-state index in [0.717, 1.165) is 25.0 Å². The standard InChI is InChI=1S/3C6H12N2.C6H8N2.2Cr/c4*1-5-3-2-4-6(7)8-5;;/h3*5-7H,2-4H2,1H3;2-4,6-7H,1H3;;/q4*-2;2*+4. The quantitative estimate of drug-likeness (QED) is 0.283. The van der Waals surface area contributed by atoms with Gasteiger partial charge in [0.05, 0.1) is 0 Å². The molecule has 0 aromatic rings. The molecule has 8 nitrogen and oxygen atoms in total. The summed E-state index contributed by atoms with van der Waals surface area (Å²) in [5.41, 5.74) is 29.8. The van der Waals surface area contributed by atoms with Crippen LogP contribution >= 0.6 is 0 Å². The summed E-state index contributed by atoms with van der Waals surface area (Å²) in [6.07, 6.45) is 14.9. The number of allylic oxidation sites excluding steroid dienone is 3. The van der Waals surface area contributed by atoms with Crippen LogP contribution in [0.25, 0.3) is 44.2 Å². The Morgan fingerprint density at radius 3 is 1.18 bits per heavy atom. The maximum absolute atomic E-state index is 7.24. The minimum atomic E-state index is -0.361. The van der Waals surface area contributed by atoms with Crippen LogP contribution in [-0.2, 0) is 34.7 Å². The molecule has 4 aliphatic rings. The first-order valence-electron chi connectivity index (χ1n) is 12.2. The molecule has 7 atom stereocenters. The van der Waals surface area contributed by atoms with E-state index in [9.17, 15) is 0 Å². The van der Waals surface area contributed by atoms with Gasteiger partial charge in [-0.25, -0.2) is 24.7 Å². The maximum atomic E-state index is 7.24. The van der Waals surface area contributed by atoms with Crippen LogP contribution in [0.4, 0.5) is 0 Å². The molecule has 3 fully saturated rings. The molecule has 0 bridgehead atoms. The minimum absolute atomic E-state index is 0. The van der Waals surface area contributed by atoms with Gasteiger partial charge in [-0.05, 0) is 0 Å². The van der Waals surface area contributed by atoms with Crippen molar-refractivity contribution in [1.29, 1.82) is 0 Å². The van der Waals surface area contributed by atoms with Crippen LogP contribution in [0.5, 0.6) is 0 Å². The largest absolute Gasteiger partial charge is 4.00 e. The monoisotopic (exact) mass is 548 g/mol. The van der Waals surface area contributed by atoms with Gasteiger partial charge in [-0.3, -0.25) is 0 Å². The summed E-state index contributed by atoms with van der Waals surface area (Å²) in [4.78, 5) is 0. The third-order valence-electron chi connectivity index (χ3n) is 5.58. The zero-order chi connectivity index (χ0) is 23.9. The predicted molar refractivity (Wildman–Crippen MR) is 139 cm³/mol. The van der Waals surface area contributed by atoms with Crippen LogP contribution in [0, 0.1) is 0 Å². The van der Waals surface area contributed by atoms with Crippen LogP contribution < -0.4 is 0 Å². The van der Waals surface area contributed by atoms with Crippen LogP contribution in [0.1, 0.15) is 85.5 Å². The predicted octanol–water partition coefficient (Wildman–Crippen LogP) is 9.14. The summed E-state index contributed by atoms with van der Waals surface area (Å²) in [5, 5.41) is 16.4. The molecule has 0 aliphatic carbocycles. The molecule has 4 aliphatic heterocycles. The summed E-state index contributed by atoms with van der Waals surface area (Å²) in [6.45, 7) is 8.15. The van der Waals surface area contributed by atoms with Crippen molar-refractivity contribution in [2.75, 3.05) is 0 Å². The van der Waals surface area contributed by atoms with Crippen molar-refractivity contribution < 1.29 is 34.7 Å². The summed E-state index contributed by atoms with van der Waals surface area (Å²) in [6, 6.07) is 1.35. The van der Waals surface area contributed by atoms with Gasteiger partial charge in [-0.2, -0.15) is 5.70 Å². The number of hydrogen-bond acceptors (Lipinski definition) is 0. The van der Waals surface area contributed by atoms with E-state index in [1.54, 1.807) is 6.08 Å².